The number of hydrogen-bond acceptors (Lipinski definition) is 5. The monoisotopic (exact) mass is 483 g/mol. The molecule has 0 radical (unpaired) electrons. The molecule has 4 rings (SSSR count). The van der Waals surface area contributed by atoms with Gasteiger partial charge in [0.1, 0.15) is 24.1 Å². The lowest BCUT2D eigenvalue weighted by atomic mass is 10.0. The Labute approximate surface area is 206 Å². The van der Waals surface area contributed by atoms with Crippen LogP contribution in [-0.4, -0.2) is 66.4 Å². The Morgan fingerprint density at radius 3 is 2.03 bits per heavy atom. The zero-order valence-electron chi connectivity index (χ0n) is 20.4. The minimum absolute atomic E-state index is 0.0607. The van der Waals surface area contributed by atoms with Crippen LogP contribution in [-0.2, 0) is 9.53 Å². The number of carbonyl (C=O) groups is 2. The van der Waals surface area contributed by atoms with Gasteiger partial charge in [0.15, 0.2) is 0 Å². The summed E-state index contributed by atoms with van der Waals surface area (Å²) >= 11 is 0. The molecule has 2 heterocycles. The van der Waals surface area contributed by atoms with Crippen molar-refractivity contribution in [1.82, 2.24) is 9.80 Å². The van der Waals surface area contributed by atoms with E-state index in [1.165, 1.54) is 4.90 Å². The first-order chi connectivity index (χ1) is 16.8. The van der Waals surface area contributed by atoms with Gasteiger partial charge >= 0.3 is 6.09 Å². The number of nitrogens with zero attached hydrogens (tertiary/aromatic N) is 2. The molecule has 2 aliphatic heterocycles. The lowest BCUT2D eigenvalue weighted by Crippen LogP contribution is -2.42. The molecule has 0 saturated carbocycles. The Morgan fingerprint density at radius 2 is 1.49 bits per heavy atom. The van der Waals surface area contributed by atoms with Crippen molar-refractivity contribution in [3.8, 4) is 16.9 Å². The molecule has 2 fully saturated rings. The smallest absolute Gasteiger partial charge is 0.410 e. The summed E-state index contributed by atoms with van der Waals surface area (Å²) in [6, 6.07) is 14.7. The lowest BCUT2D eigenvalue weighted by Gasteiger charge is -2.32. The topological polar surface area (TPSA) is 85.1 Å². The number of rotatable bonds is 6. The van der Waals surface area contributed by atoms with Gasteiger partial charge < -0.3 is 25.0 Å². The summed E-state index contributed by atoms with van der Waals surface area (Å²) in [6.45, 7) is 5.49. The van der Waals surface area contributed by atoms with Crippen LogP contribution in [0.4, 0.5) is 9.18 Å². The van der Waals surface area contributed by atoms with Crippen molar-refractivity contribution < 1.29 is 23.5 Å². The molecule has 2 atom stereocenters. The summed E-state index contributed by atoms with van der Waals surface area (Å²) < 4.78 is 24.8. The molecule has 188 valence electrons. The summed E-state index contributed by atoms with van der Waals surface area (Å²) in [5, 5.41) is 0. The van der Waals surface area contributed by atoms with Crippen LogP contribution in [0.2, 0.25) is 0 Å². The van der Waals surface area contributed by atoms with Crippen molar-refractivity contribution in [3.63, 3.8) is 0 Å². The van der Waals surface area contributed by atoms with E-state index in [-0.39, 0.29) is 30.8 Å². The van der Waals surface area contributed by atoms with Gasteiger partial charge in [-0.25, -0.2) is 9.18 Å². The minimum Gasteiger partial charge on any atom is -0.490 e. The van der Waals surface area contributed by atoms with Crippen LogP contribution in [0, 0.1) is 0 Å². The number of ether oxygens (including phenoxy) is 2. The third-order valence-corrected chi connectivity index (χ3v) is 6.51. The van der Waals surface area contributed by atoms with E-state index in [0.717, 1.165) is 29.7 Å². The molecule has 7 nitrogen and oxygen atoms in total. The van der Waals surface area contributed by atoms with Crippen molar-refractivity contribution in [1.29, 1.82) is 0 Å². The van der Waals surface area contributed by atoms with E-state index in [9.17, 15) is 14.0 Å². The van der Waals surface area contributed by atoms with E-state index in [1.54, 1.807) is 4.90 Å². The second-order valence-corrected chi connectivity index (χ2v) is 9.53. The number of carbonyl (C=O) groups excluding carboxylic acids is 2. The predicted molar refractivity (Wildman–Crippen MR) is 132 cm³/mol. The first kappa shape index (κ1) is 25.0. The number of amides is 2. The number of nitrogens with two attached hydrogens (primary N) is 1. The van der Waals surface area contributed by atoms with Gasteiger partial charge in [-0.15, -0.1) is 0 Å². The van der Waals surface area contributed by atoms with Crippen molar-refractivity contribution in [2.45, 2.75) is 57.5 Å². The van der Waals surface area contributed by atoms with Crippen LogP contribution in [0.15, 0.2) is 48.5 Å². The fraction of sp³-hybridized carbons (Fsp3) is 0.481. The maximum Gasteiger partial charge on any atom is 0.410 e. The van der Waals surface area contributed by atoms with Crippen LogP contribution in [0.1, 0.15) is 44.7 Å². The highest BCUT2D eigenvalue weighted by molar-refractivity contribution is 5.83. The van der Waals surface area contributed by atoms with Gasteiger partial charge in [-0.3, -0.25) is 4.79 Å². The molecule has 2 amide bonds. The molecule has 2 aromatic rings. The van der Waals surface area contributed by atoms with E-state index in [2.05, 4.69) is 0 Å². The maximum absolute atomic E-state index is 13.4. The van der Waals surface area contributed by atoms with Gasteiger partial charge in [-0.05, 0) is 49.1 Å². The first-order valence-corrected chi connectivity index (χ1v) is 12.3. The van der Waals surface area contributed by atoms with E-state index >= 15 is 0 Å². The highest BCUT2D eigenvalue weighted by Crippen LogP contribution is 2.27. The van der Waals surface area contributed by atoms with Crippen LogP contribution < -0.4 is 10.5 Å². The molecule has 8 heteroatoms. The Bertz CT molecular complexity index is 1000. The molecule has 1 unspecified atom stereocenters. The zero-order chi connectivity index (χ0) is 24.9. The summed E-state index contributed by atoms with van der Waals surface area (Å²) in [4.78, 5) is 27.8. The summed E-state index contributed by atoms with van der Waals surface area (Å²) in [6.07, 6.45) is 0.627. The van der Waals surface area contributed by atoms with E-state index in [0.29, 0.717) is 31.6 Å². The predicted octanol–water partition coefficient (Wildman–Crippen LogP) is 4.31. The van der Waals surface area contributed by atoms with E-state index in [4.69, 9.17) is 15.2 Å². The van der Waals surface area contributed by atoms with E-state index in [1.807, 2.05) is 62.4 Å². The van der Waals surface area contributed by atoms with Gasteiger partial charge in [0, 0.05) is 32.5 Å². The van der Waals surface area contributed by atoms with Crippen molar-refractivity contribution in [2.24, 2.45) is 5.73 Å². The maximum atomic E-state index is 13.4. The molecule has 0 bridgehead atoms. The van der Waals surface area contributed by atoms with Gasteiger partial charge in [-0.2, -0.15) is 0 Å². The third-order valence-electron chi connectivity index (χ3n) is 6.51. The number of benzene rings is 2. The van der Waals surface area contributed by atoms with Crippen LogP contribution >= 0.6 is 0 Å². The highest BCUT2D eigenvalue weighted by atomic mass is 19.1. The quantitative estimate of drug-likeness (QED) is 0.662. The number of alkyl halides is 1. The first-order valence-electron chi connectivity index (χ1n) is 12.3. The van der Waals surface area contributed by atoms with E-state index < -0.39 is 12.2 Å². The van der Waals surface area contributed by atoms with Gasteiger partial charge in [-0.1, -0.05) is 36.4 Å². The average molecular weight is 484 g/mol. The summed E-state index contributed by atoms with van der Waals surface area (Å²) in [5.74, 6) is 0.556. The molecule has 2 aliphatic rings. The van der Waals surface area contributed by atoms with Crippen molar-refractivity contribution >= 4 is 12.0 Å². The fourth-order valence-electron chi connectivity index (χ4n) is 4.49. The molecule has 2 aromatic carbocycles. The van der Waals surface area contributed by atoms with Gasteiger partial charge in [0.2, 0.25) is 5.91 Å². The summed E-state index contributed by atoms with van der Waals surface area (Å²) in [5.41, 5.74) is 8.89. The van der Waals surface area contributed by atoms with Crippen LogP contribution in [0.25, 0.3) is 11.1 Å². The summed E-state index contributed by atoms with van der Waals surface area (Å²) in [7, 11) is 0. The van der Waals surface area contributed by atoms with Crippen molar-refractivity contribution in [2.75, 3.05) is 26.2 Å². The molecule has 2 saturated heterocycles. The molecular weight excluding hydrogens is 449 g/mol. The molecule has 0 aromatic heterocycles. The standard InChI is InChI=1S/C27H34FN3O4/c1-18(2)34-27(33)30-15-12-24(13-16-30)35-23-9-7-20(8-10-23)19-3-5-21(6-4-19)25(29)26(32)31-14-11-22(28)17-31/h3-10,18,22,24-25H,11-17,29H2,1-2H3/t22-,25?/m0/s1. The number of piperidine rings is 1. The second-order valence-electron chi connectivity index (χ2n) is 9.53. The molecule has 35 heavy (non-hydrogen) atoms. The van der Waals surface area contributed by atoms with Crippen LogP contribution in [0.5, 0.6) is 5.75 Å². The zero-order valence-corrected chi connectivity index (χ0v) is 20.4. The number of likely N-dealkylation sites (tertiary alicyclic amines) is 2. The molecule has 0 aliphatic carbocycles. The SMILES string of the molecule is CC(C)OC(=O)N1CCC(Oc2ccc(-c3ccc(C(N)C(=O)N4CC[C@H](F)C4)cc3)cc2)CC1. The Hall–Kier alpha value is -3.13. The minimum atomic E-state index is -0.957. The molecule has 2 N–H and O–H groups in total. The second kappa shape index (κ2) is 11.1. The van der Waals surface area contributed by atoms with Gasteiger partial charge in [0.05, 0.1) is 12.6 Å². The van der Waals surface area contributed by atoms with Crippen LogP contribution in [0.3, 0.4) is 0 Å². The largest absolute Gasteiger partial charge is 0.490 e. The normalized spacial score (nSPS) is 19.6. The Balaban J connectivity index is 1.29. The Kier molecular flexibility index (Phi) is 7.90. The molecule has 0 spiro atoms. The average Bonchev–Trinajstić information content (AvgIpc) is 3.30. The lowest BCUT2D eigenvalue weighted by molar-refractivity contribution is -0.131. The van der Waals surface area contributed by atoms with Crippen molar-refractivity contribution in [3.05, 3.63) is 54.1 Å². The van der Waals surface area contributed by atoms with Gasteiger partial charge in [0.25, 0.3) is 0 Å². The number of hydrogen-bond donors (Lipinski definition) is 1. The number of halogens is 1. The third kappa shape index (κ3) is 6.31. The highest BCUT2D eigenvalue weighted by Gasteiger charge is 2.30. The molecular formula is C27H34FN3O4. The fourth-order valence-corrected chi connectivity index (χ4v) is 4.49. The Morgan fingerprint density at radius 1 is 0.914 bits per heavy atom.